The summed E-state index contributed by atoms with van der Waals surface area (Å²) >= 11 is 5.85. The van der Waals surface area contributed by atoms with Crippen LogP contribution in [0.3, 0.4) is 0 Å². The maximum Gasteiger partial charge on any atom is 0.225 e. The molecule has 1 aliphatic heterocycles. The van der Waals surface area contributed by atoms with Gasteiger partial charge in [0.2, 0.25) is 5.91 Å². The van der Waals surface area contributed by atoms with Gasteiger partial charge in [-0.05, 0) is 25.0 Å². The highest BCUT2D eigenvalue weighted by Gasteiger charge is 2.28. The number of aromatic nitrogens is 2. The third-order valence-electron chi connectivity index (χ3n) is 4.10. The molecule has 2 aromatic heterocycles. The van der Waals surface area contributed by atoms with Crippen LogP contribution >= 0.6 is 11.6 Å². The maximum atomic E-state index is 12.6. The summed E-state index contributed by atoms with van der Waals surface area (Å²) < 4.78 is 7.25. The minimum absolute atomic E-state index is 0.0613. The monoisotopic (exact) mass is 321 g/mol. The molecule has 1 unspecified atom stereocenters. The van der Waals surface area contributed by atoms with Crippen molar-refractivity contribution in [2.75, 3.05) is 6.54 Å². The predicted octanol–water partition coefficient (Wildman–Crippen LogP) is 3.66. The smallest absolute Gasteiger partial charge is 0.225 e. The quantitative estimate of drug-likeness (QED) is 0.863. The van der Waals surface area contributed by atoms with Crippen molar-refractivity contribution in [1.29, 1.82) is 0 Å². The van der Waals surface area contributed by atoms with E-state index in [0.29, 0.717) is 18.0 Å². The molecular weight excluding hydrogens is 302 g/mol. The van der Waals surface area contributed by atoms with Gasteiger partial charge in [0.15, 0.2) is 0 Å². The molecule has 0 bridgehead atoms. The second kappa shape index (κ2) is 7.01. The van der Waals surface area contributed by atoms with Crippen LogP contribution < -0.4 is 0 Å². The maximum absolute atomic E-state index is 12.6. The van der Waals surface area contributed by atoms with Gasteiger partial charge in [0, 0.05) is 25.7 Å². The zero-order valence-electron chi connectivity index (χ0n) is 12.4. The van der Waals surface area contributed by atoms with E-state index in [1.54, 1.807) is 23.3 Å². The molecule has 0 aromatic carbocycles. The van der Waals surface area contributed by atoms with Gasteiger partial charge < -0.3 is 9.32 Å². The van der Waals surface area contributed by atoms with Gasteiger partial charge in [-0.3, -0.25) is 9.48 Å². The van der Waals surface area contributed by atoms with E-state index in [1.807, 2.05) is 17.0 Å². The van der Waals surface area contributed by atoms with Crippen molar-refractivity contribution in [3.05, 3.63) is 41.6 Å². The van der Waals surface area contributed by atoms with Gasteiger partial charge in [-0.2, -0.15) is 5.10 Å². The molecule has 22 heavy (non-hydrogen) atoms. The Hall–Kier alpha value is -1.75. The Balaban J connectivity index is 1.67. The minimum Gasteiger partial charge on any atom is -0.467 e. The highest BCUT2D eigenvalue weighted by Crippen LogP contribution is 2.30. The van der Waals surface area contributed by atoms with Gasteiger partial charge in [-0.1, -0.05) is 24.4 Å². The van der Waals surface area contributed by atoms with Crippen molar-refractivity contribution in [3.8, 4) is 0 Å². The number of hydrogen-bond acceptors (Lipinski definition) is 3. The molecule has 1 aliphatic rings. The molecule has 118 valence electrons. The third-order valence-corrected chi connectivity index (χ3v) is 4.30. The van der Waals surface area contributed by atoms with E-state index in [-0.39, 0.29) is 11.9 Å². The number of carbonyl (C=O) groups is 1. The second-order valence-corrected chi connectivity index (χ2v) is 6.08. The fourth-order valence-electron chi connectivity index (χ4n) is 3.00. The summed E-state index contributed by atoms with van der Waals surface area (Å²) in [7, 11) is 0. The molecule has 0 radical (unpaired) electrons. The van der Waals surface area contributed by atoms with Crippen molar-refractivity contribution >= 4 is 17.5 Å². The summed E-state index contributed by atoms with van der Waals surface area (Å²) in [5.41, 5.74) is 0. The normalized spacial score (nSPS) is 19.1. The lowest BCUT2D eigenvalue weighted by molar-refractivity contribution is -0.134. The van der Waals surface area contributed by atoms with Crippen LogP contribution in [0, 0.1) is 0 Å². The third kappa shape index (κ3) is 3.53. The first kappa shape index (κ1) is 15.2. The van der Waals surface area contributed by atoms with Crippen LogP contribution in [-0.2, 0) is 11.3 Å². The molecule has 6 heteroatoms. The Kier molecular flexibility index (Phi) is 4.83. The second-order valence-electron chi connectivity index (χ2n) is 5.64. The molecule has 0 aliphatic carbocycles. The number of amides is 1. The average molecular weight is 322 g/mol. The predicted molar refractivity (Wildman–Crippen MR) is 83.5 cm³/mol. The number of rotatable bonds is 4. The Labute approximate surface area is 134 Å². The molecule has 0 N–H and O–H groups in total. The number of furan rings is 1. The lowest BCUT2D eigenvalue weighted by atomic mass is 10.1. The fraction of sp³-hybridized carbons (Fsp3) is 0.500. The molecule has 5 nitrogen and oxygen atoms in total. The molecule has 0 spiro atoms. The molecule has 1 fully saturated rings. The van der Waals surface area contributed by atoms with E-state index in [2.05, 4.69) is 5.10 Å². The van der Waals surface area contributed by atoms with Gasteiger partial charge in [0.1, 0.15) is 5.76 Å². The number of likely N-dealkylation sites (tertiary alicyclic amines) is 1. The summed E-state index contributed by atoms with van der Waals surface area (Å²) in [4.78, 5) is 14.6. The van der Waals surface area contributed by atoms with Gasteiger partial charge in [-0.25, -0.2) is 0 Å². The Morgan fingerprint density at radius 2 is 2.32 bits per heavy atom. The summed E-state index contributed by atoms with van der Waals surface area (Å²) in [5.74, 6) is 1.03. The van der Waals surface area contributed by atoms with E-state index in [9.17, 15) is 4.79 Å². The largest absolute Gasteiger partial charge is 0.467 e. The molecule has 1 amide bonds. The van der Waals surface area contributed by atoms with E-state index in [4.69, 9.17) is 16.0 Å². The Morgan fingerprint density at radius 3 is 3.05 bits per heavy atom. The summed E-state index contributed by atoms with van der Waals surface area (Å²) in [6.07, 6.45) is 9.73. The molecule has 0 saturated carbocycles. The Bertz CT molecular complexity index is 609. The van der Waals surface area contributed by atoms with E-state index in [1.165, 1.54) is 0 Å². The van der Waals surface area contributed by atoms with Gasteiger partial charge >= 0.3 is 0 Å². The first-order chi connectivity index (χ1) is 10.7. The van der Waals surface area contributed by atoms with Crippen LogP contribution in [-0.4, -0.2) is 27.1 Å². The first-order valence-electron chi connectivity index (χ1n) is 7.75. The topological polar surface area (TPSA) is 51.3 Å². The van der Waals surface area contributed by atoms with Crippen LogP contribution in [0.5, 0.6) is 0 Å². The lowest BCUT2D eigenvalue weighted by Gasteiger charge is -2.28. The number of hydrogen-bond donors (Lipinski definition) is 0. The minimum atomic E-state index is 0.0613. The van der Waals surface area contributed by atoms with E-state index >= 15 is 0 Å². The molecule has 1 saturated heterocycles. The molecular formula is C16H20ClN3O2. The van der Waals surface area contributed by atoms with Crippen molar-refractivity contribution in [3.63, 3.8) is 0 Å². The number of halogens is 1. The van der Waals surface area contributed by atoms with E-state index < -0.39 is 0 Å². The molecule has 3 heterocycles. The average Bonchev–Trinajstić information content (AvgIpc) is 3.12. The lowest BCUT2D eigenvalue weighted by Crippen LogP contribution is -2.35. The van der Waals surface area contributed by atoms with Crippen LogP contribution in [0.1, 0.15) is 43.9 Å². The first-order valence-corrected chi connectivity index (χ1v) is 8.12. The van der Waals surface area contributed by atoms with Crippen LogP contribution in [0.15, 0.2) is 35.2 Å². The standard InChI is InChI=1S/C16H20ClN3O2/c17-13-11-18-19(12-13)9-7-16(21)20-8-3-1-2-5-14(20)15-6-4-10-22-15/h4,6,10-12,14H,1-3,5,7-9H2. The number of carbonyl (C=O) groups excluding carboxylic acids is 1. The fourth-order valence-corrected chi connectivity index (χ4v) is 3.15. The molecule has 1 atom stereocenters. The van der Waals surface area contributed by atoms with Crippen molar-refractivity contribution in [1.82, 2.24) is 14.7 Å². The zero-order valence-corrected chi connectivity index (χ0v) is 13.2. The Morgan fingerprint density at radius 1 is 1.41 bits per heavy atom. The molecule has 2 aromatic rings. The summed E-state index contributed by atoms with van der Waals surface area (Å²) in [5, 5.41) is 4.71. The SMILES string of the molecule is O=C(CCn1cc(Cl)cn1)N1CCCCCC1c1ccco1. The van der Waals surface area contributed by atoms with Crippen LogP contribution in [0.25, 0.3) is 0 Å². The van der Waals surface area contributed by atoms with Crippen molar-refractivity contribution in [2.24, 2.45) is 0 Å². The van der Waals surface area contributed by atoms with Crippen molar-refractivity contribution < 1.29 is 9.21 Å². The van der Waals surface area contributed by atoms with Gasteiger partial charge in [0.05, 0.1) is 23.5 Å². The summed E-state index contributed by atoms with van der Waals surface area (Å²) in [6.45, 7) is 1.34. The molecule has 3 rings (SSSR count). The number of nitrogens with zero attached hydrogens (tertiary/aromatic N) is 3. The van der Waals surface area contributed by atoms with Crippen molar-refractivity contribution in [2.45, 2.75) is 44.7 Å². The van der Waals surface area contributed by atoms with Crippen LogP contribution in [0.2, 0.25) is 5.02 Å². The highest BCUT2D eigenvalue weighted by atomic mass is 35.5. The van der Waals surface area contributed by atoms with Gasteiger partial charge in [0.25, 0.3) is 0 Å². The van der Waals surface area contributed by atoms with E-state index in [0.717, 1.165) is 38.0 Å². The summed E-state index contributed by atoms with van der Waals surface area (Å²) in [6, 6.07) is 3.91. The van der Waals surface area contributed by atoms with Crippen LogP contribution in [0.4, 0.5) is 0 Å². The highest BCUT2D eigenvalue weighted by molar-refractivity contribution is 6.30. The zero-order chi connectivity index (χ0) is 15.4. The number of aryl methyl sites for hydroxylation is 1. The van der Waals surface area contributed by atoms with Gasteiger partial charge in [-0.15, -0.1) is 0 Å².